The molecule has 1 aliphatic carbocycles. The Kier molecular flexibility index (Phi) is 5.02. The molecule has 0 saturated carbocycles. The van der Waals surface area contributed by atoms with E-state index in [1.165, 1.54) is 19.3 Å². The van der Waals surface area contributed by atoms with E-state index in [0.717, 1.165) is 6.42 Å². The zero-order valence-electron chi connectivity index (χ0n) is 7.45. The summed E-state index contributed by atoms with van der Waals surface area (Å²) < 4.78 is 0. The molecule has 1 aliphatic rings. The van der Waals surface area contributed by atoms with Crippen LogP contribution in [0.2, 0.25) is 0 Å². The Hall–Kier alpha value is -1.04. The van der Waals surface area contributed by atoms with E-state index >= 15 is 0 Å². The molecule has 0 unspecified atom stereocenters. The molecule has 0 aromatic heterocycles. The first-order chi connectivity index (χ1) is 6.00. The van der Waals surface area contributed by atoms with E-state index < -0.39 is 0 Å². The molecular weight excluding hydrogens is 144 g/mol. The molecule has 0 heteroatoms. The van der Waals surface area contributed by atoms with Gasteiger partial charge in [-0.25, -0.2) is 0 Å². The van der Waals surface area contributed by atoms with Crippen molar-refractivity contribution in [3.63, 3.8) is 0 Å². The second kappa shape index (κ2) is 6.66. The Labute approximate surface area is 75.0 Å². The summed E-state index contributed by atoms with van der Waals surface area (Å²) in [5, 5.41) is 0. The summed E-state index contributed by atoms with van der Waals surface area (Å²) in [5.41, 5.74) is 0. The number of rotatable bonds is 0. The SMILES string of the molecule is C1=C/C=C/CCC/C=C\CC=C1. The minimum absolute atomic E-state index is 1.06. The Bertz CT molecular complexity index is 204. The predicted octanol–water partition coefficient (Wildman–Crippen LogP) is 3.79. The van der Waals surface area contributed by atoms with Gasteiger partial charge in [0, 0.05) is 0 Å². The molecule has 0 atom stereocenters. The fourth-order valence-corrected chi connectivity index (χ4v) is 1.11. The largest absolute Gasteiger partial charge is 0.0882 e. The molecule has 12 heavy (non-hydrogen) atoms. The van der Waals surface area contributed by atoms with Gasteiger partial charge < -0.3 is 0 Å². The third-order valence-electron chi connectivity index (χ3n) is 1.79. The summed E-state index contributed by atoms with van der Waals surface area (Å²) in [4.78, 5) is 0. The van der Waals surface area contributed by atoms with Crippen molar-refractivity contribution in [2.75, 3.05) is 0 Å². The third kappa shape index (κ3) is 4.73. The van der Waals surface area contributed by atoms with Gasteiger partial charge in [0.15, 0.2) is 0 Å². The van der Waals surface area contributed by atoms with Gasteiger partial charge in [0.25, 0.3) is 0 Å². The highest BCUT2D eigenvalue weighted by Gasteiger charge is 1.80. The van der Waals surface area contributed by atoms with Crippen LogP contribution in [0.1, 0.15) is 25.7 Å². The molecule has 0 nitrogen and oxygen atoms in total. The van der Waals surface area contributed by atoms with Crippen molar-refractivity contribution in [2.45, 2.75) is 25.7 Å². The van der Waals surface area contributed by atoms with Gasteiger partial charge in [-0.05, 0) is 25.7 Å². The highest BCUT2D eigenvalue weighted by Crippen LogP contribution is 2.00. The monoisotopic (exact) mass is 160 g/mol. The Morgan fingerprint density at radius 2 is 1.33 bits per heavy atom. The van der Waals surface area contributed by atoms with E-state index in [9.17, 15) is 0 Å². The van der Waals surface area contributed by atoms with Crippen molar-refractivity contribution in [2.24, 2.45) is 0 Å². The smallest absolute Gasteiger partial charge is 0.0166 e. The van der Waals surface area contributed by atoms with Gasteiger partial charge in [0.2, 0.25) is 0 Å². The lowest BCUT2D eigenvalue weighted by Crippen LogP contribution is -1.69. The molecule has 0 fully saturated rings. The standard InChI is InChI=1S/C12H16/c1-2-4-6-8-10-12-11-9-7-5-3-1/h1-6,9,11H,7-8,10,12H2/b2-1?,5-3?,6-4+,11-9-. The Morgan fingerprint density at radius 3 is 2.25 bits per heavy atom. The van der Waals surface area contributed by atoms with Gasteiger partial charge in [0.1, 0.15) is 0 Å². The summed E-state index contributed by atoms with van der Waals surface area (Å²) in [7, 11) is 0. The quantitative estimate of drug-likeness (QED) is 0.473. The second-order valence-corrected chi connectivity index (χ2v) is 2.88. The maximum atomic E-state index is 2.27. The second-order valence-electron chi connectivity index (χ2n) is 2.88. The zero-order valence-corrected chi connectivity index (χ0v) is 7.45. The van der Waals surface area contributed by atoms with Gasteiger partial charge in [-0.3, -0.25) is 0 Å². The normalized spacial score (nSPS) is 24.0. The summed E-state index contributed by atoms with van der Waals surface area (Å²) >= 11 is 0. The van der Waals surface area contributed by atoms with Gasteiger partial charge >= 0.3 is 0 Å². The summed E-state index contributed by atoms with van der Waals surface area (Å²) in [6.45, 7) is 0. The fraction of sp³-hybridized carbons (Fsp3) is 0.333. The summed E-state index contributed by atoms with van der Waals surface area (Å²) in [5.74, 6) is 0. The van der Waals surface area contributed by atoms with Gasteiger partial charge in [-0.2, -0.15) is 0 Å². The molecule has 0 aliphatic heterocycles. The van der Waals surface area contributed by atoms with E-state index in [-0.39, 0.29) is 0 Å². The first-order valence-corrected chi connectivity index (χ1v) is 4.63. The molecule has 0 amide bonds. The molecule has 0 saturated heterocycles. The molecule has 0 spiro atoms. The number of hydrogen-bond donors (Lipinski definition) is 0. The molecule has 1 rings (SSSR count). The maximum absolute atomic E-state index is 2.27. The minimum Gasteiger partial charge on any atom is -0.0882 e. The Morgan fingerprint density at radius 1 is 0.583 bits per heavy atom. The molecule has 64 valence electrons. The summed E-state index contributed by atoms with van der Waals surface area (Å²) in [6.07, 6.45) is 22.0. The molecule has 0 aromatic carbocycles. The van der Waals surface area contributed by atoms with E-state index in [1.807, 2.05) is 0 Å². The van der Waals surface area contributed by atoms with Crippen LogP contribution in [0.5, 0.6) is 0 Å². The Balaban J connectivity index is 2.42. The maximum Gasteiger partial charge on any atom is -0.0166 e. The molecule has 0 heterocycles. The van der Waals surface area contributed by atoms with Crippen molar-refractivity contribution >= 4 is 0 Å². The van der Waals surface area contributed by atoms with Crippen molar-refractivity contribution in [1.29, 1.82) is 0 Å². The van der Waals surface area contributed by atoms with Crippen LogP contribution < -0.4 is 0 Å². The molecule has 0 aromatic rings. The first-order valence-electron chi connectivity index (χ1n) is 4.63. The minimum atomic E-state index is 1.06. The van der Waals surface area contributed by atoms with Crippen molar-refractivity contribution in [3.8, 4) is 0 Å². The average Bonchev–Trinajstić information content (AvgIpc) is 2.05. The molecule has 0 N–H and O–H groups in total. The van der Waals surface area contributed by atoms with E-state index in [4.69, 9.17) is 0 Å². The van der Waals surface area contributed by atoms with Crippen molar-refractivity contribution in [1.82, 2.24) is 0 Å². The first kappa shape index (κ1) is 9.05. The molecule has 0 radical (unpaired) electrons. The van der Waals surface area contributed by atoms with Crippen LogP contribution in [0, 0.1) is 0 Å². The highest BCUT2D eigenvalue weighted by molar-refractivity contribution is 5.12. The van der Waals surface area contributed by atoms with Crippen LogP contribution >= 0.6 is 0 Å². The summed E-state index contributed by atoms with van der Waals surface area (Å²) in [6, 6.07) is 0. The van der Waals surface area contributed by atoms with Crippen molar-refractivity contribution < 1.29 is 0 Å². The number of hydrogen-bond acceptors (Lipinski definition) is 0. The lowest BCUT2D eigenvalue weighted by atomic mass is 10.2. The lowest BCUT2D eigenvalue weighted by Gasteiger charge is -1.90. The van der Waals surface area contributed by atoms with Crippen molar-refractivity contribution in [3.05, 3.63) is 48.6 Å². The van der Waals surface area contributed by atoms with E-state index in [0.29, 0.717) is 0 Å². The van der Waals surface area contributed by atoms with Crippen LogP contribution in [0.3, 0.4) is 0 Å². The van der Waals surface area contributed by atoms with Gasteiger partial charge in [-0.15, -0.1) is 0 Å². The van der Waals surface area contributed by atoms with Gasteiger partial charge in [-0.1, -0.05) is 48.6 Å². The van der Waals surface area contributed by atoms with Crippen LogP contribution in [0.25, 0.3) is 0 Å². The zero-order chi connectivity index (χ0) is 8.49. The van der Waals surface area contributed by atoms with Gasteiger partial charge in [0.05, 0.1) is 0 Å². The van der Waals surface area contributed by atoms with Crippen LogP contribution in [-0.2, 0) is 0 Å². The topological polar surface area (TPSA) is 0 Å². The van der Waals surface area contributed by atoms with Crippen LogP contribution in [0.4, 0.5) is 0 Å². The van der Waals surface area contributed by atoms with E-state index in [2.05, 4.69) is 48.6 Å². The molecular formula is C12H16. The van der Waals surface area contributed by atoms with Crippen LogP contribution in [-0.4, -0.2) is 0 Å². The predicted molar refractivity (Wildman–Crippen MR) is 55.0 cm³/mol. The van der Waals surface area contributed by atoms with Crippen LogP contribution in [0.15, 0.2) is 48.6 Å². The third-order valence-corrected chi connectivity index (χ3v) is 1.79. The lowest BCUT2D eigenvalue weighted by molar-refractivity contribution is 0.866. The average molecular weight is 160 g/mol. The highest BCUT2D eigenvalue weighted by atomic mass is 13.9. The van der Waals surface area contributed by atoms with E-state index in [1.54, 1.807) is 0 Å². The fourth-order valence-electron chi connectivity index (χ4n) is 1.11. The number of allylic oxidation sites excluding steroid dienone is 8. The molecule has 0 bridgehead atoms.